The van der Waals surface area contributed by atoms with Gasteiger partial charge < -0.3 is 9.47 Å². The molecular weight excluding hydrogens is 258 g/mol. The maximum atomic E-state index is 11.7. The Bertz CT molecular complexity index is 497. The lowest BCUT2D eigenvalue weighted by atomic mass is 10.1. The third-order valence-electron chi connectivity index (χ3n) is 3.48. The minimum absolute atomic E-state index is 0.0170. The minimum Gasteiger partial charge on any atom is -0.465 e. The number of carbonyl (C=O) groups excluding carboxylic acids is 2. The standard InChI is InChI=1S/C15H19NO4/c1-10-8-13(15(18)20-10)16(2)9-11-4-6-12(7-5-11)14(17)19-3/h4-7,10,13H,8-9H2,1-3H3. The van der Waals surface area contributed by atoms with Crippen LogP contribution in [-0.4, -0.2) is 43.1 Å². The molecule has 1 aliphatic heterocycles. The Morgan fingerprint density at radius 1 is 1.40 bits per heavy atom. The van der Waals surface area contributed by atoms with Gasteiger partial charge in [0.05, 0.1) is 12.7 Å². The zero-order valence-corrected chi connectivity index (χ0v) is 12.0. The summed E-state index contributed by atoms with van der Waals surface area (Å²) in [5, 5.41) is 0. The molecule has 108 valence electrons. The third kappa shape index (κ3) is 3.17. The fourth-order valence-electron chi connectivity index (χ4n) is 2.36. The summed E-state index contributed by atoms with van der Waals surface area (Å²) in [5.41, 5.74) is 1.56. The molecule has 1 aliphatic rings. The average Bonchev–Trinajstić information content (AvgIpc) is 2.78. The number of benzene rings is 1. The van der Waals surface area contributed by atoms with E-state index in [9.17, 15) is 9.59 Å². The Labute approximate surface area is 118 Å². The van der Waals surface area contributed by atoms with E-state index in [0.29, 0.717) is 12.1 Å². The summed E-state index contributed by atoms with van der Waals surface area (Å²) >= 11 is 0. The lowest BCUT2D eigenvalue weighted by Gasteiger charge is -2.21. The molecule has 20 heavy (non-hydrogen) atoms. The average molecular weight is 277 g/mol. The molecule has 0 N–H and O–H groups in total. The van der Waals surface area contributed by atoms with Gasteiger partial charge in [0.15, 0.2) is 0 Å². The monoisotopic (exact) mass is 277 g/mol. The van der Waals surface area contributed by atoms with Gasteiger partial charge in [0.1, 0.15) is 12.1 Å². The van der Waals surface area contributed by atoms with Crippen LogP contribution in [0.2, 0.25) is 0 Å². The highest BCUT2D eigenvalue weighted by molar-refractivity contribution is 5.89. The van der Waals surface area contributed by atoms with Gasteiger partial charge >= 0.3 is 11.9 Å². The SMILES string of the molecule is COC(=O)c1ccc(CN(C)C2CC(C)OC2=O)cc1. The third-order valence-corrected chi connectivity index (χ3v) is 3.48. The van der Waals surface area contributed by atoms with Crippen LogP contribution in [0.25, 0.3) is 0 Å². The number of rotatable bonds is 4. The van der Waals surface area contributed by atoms with Crippen molar-refractivity contribution in [2.75, 3.05) is 14.2 Å². The summed E-state index contributed by atoms with van der Waals surface area (Å²) in [6.45, 7) is 2.53. The lowest BCUT2D eigenvalue weighted by molar-refractivity contribution is -0.144. The fourth-order valence-corrected chi connectivity index (χ4v) is 2.36. The predicted octanol–water partition coefficient (Wildman–Crippen LogP) is 1.61. The molecule has 5 heteroatoms. The van der Waals surface area contributed by atoms with E-state index < -0.39 is 0 Å². The second kappa shape index (κ2) is 6.05. The Morgan fingerprint density at radius 2 is 2.05 bits per heavy atom. The quantitative estimate of drug-likeness (QED) is 0.783. The topological polar surface area (TPSA) is 55.8 Å². The van der Waals surface area contributed by atoms with Crippen molar-refractivity contribution in [1.29, 1.82) is 0 Å². The molecule has 0 radical (unpaired) electrons. The molecule has 1 aromatic rings. The van der Waals surface area contributed by atoms with E-state index in [1.165, 1.54) is 7.11 Å². The summed E-state index contributed by atoms with van der Waals surface area (Å²) in [6.07, 6.45) is 0.701. The van der Waals surface area contributed by atoms with Gasteiger partial charge in [0, 0.05) is 13.0 Å². The lowest BCUT2D eigenvalue weighted by Crippen LogP contribution is -2.34. The summed E-state index contributed by atoms with van der Waals surface area (Å²) < 4.78 is 9.81. The minimum atomic E-state index is -0.349. The van der Waals surface area contributed by atoms with Gasteiger partial charge in [-0.15, -0.1) is 0 Å². The smallest absolute Gasteiger partial charge is 0.337 e. The Hall–Kier alpha value is -1.88. The first-order chi connectivity index (χ1) is 9.51. The maximum absolute atomic E-state index is 11.7. The first kappa shape index (κ1) is 14.5. The fraction of sp³-hybridized carbons (Fsp3) is 0.467. The molecule has 2 unspecified atom stereocenters. The van der Waals surface area contributed by atoms with Crippen molar-refractivity contribution in [1.82, 2.24) is 4.90 Å². The normalized spacial score (nSPS) is 21.9. The van der Waals surface area contributed by atoms with Crippen LogP contribution in [0.5, 0.6) is 0 Å². The number of methoxy groups -OCH3 is 1. The van der Waals surface area contributed by atoms with Crippen LogP contribution >= 0.6 is 0 Å². The van der Waals surface area contributed by atoms with Crippen LogP contribution in [0.4, 0.5) is 0 Å². The highest BCUT2D eigenvalue weighted by Gasteiger charge is 2.34. The van der Waals surface area contributed by atoms with E-state index in [2.05, 4.69) is 4.74 Å². The van der Waals surface area contributed by atoms with Crippen molar-refractivity contribution in [3.05, 3.63) is 35.4 Å². The molecule has 0 spiro atoms. The number of esters is 2. The van der Waals surface area contributed by atoms with E-state index in [1.54, 1.807) is 12.1 Å². The summed E-state index contributed by atoms with van der Waals surface area (Å²) in [7, 11) is 3.26. The molecule has 0 bridgehead atoms. The first-order valence-electron chi connectivity index (χ1n) is 6.59. The first-order valence-corrected chi connectivity index (χ1v) is 6.59. The number of nitrogens with zero attached hydrogens (tertiary/aromatic N) is 1. The van der Waals surface area contributed by atoms with Crippen LogP contribution in [0.3, 0.4) is 0 Å². The molecule has 2 rings (SSSR count). The van der Waals surface area contributed by atoms with E-state index in [-0.39, 0.29) is 24.1 Å². The van der Waals surface area contributed by atoms with E-state index in [1.807, 2.05) is 31.0 Å². The number of ether oxygens (including phenoxy) is 2. The summed E-state index contributed by atoms with van der Waals surface area (Å²) in [6, 6.07) is 7.00. The molecule has 1 fully saturated rings. The van der Waals surface area contributed by atoms with Crippen molar-refractivity contribution in [3.8, 4) is 0 Å². The molecule has 1 aromatic carbocycles. The molecule has 1 heterocycles. The van der Waals surface area contributed by atoms with Gasteiger partial charge in [-0.2, -0.15) is 0 Å². The largest absolute Gasteiger partial charge is 0.465 e. The van der Waals surface area contributed by atoms with Gasteiger partial charge in [-0.3, -0.25) is 9.69 Å². The van der Waals surface area contributed by atoms with E-state index >= 15 is 0 Å². The highest BCUT2D eigenvalue weighted by atomic mass is 16.6. The van der Waals surface area contributed by atoms with Crippen LogP contribution < -0.4 is 0 Å². The van der Waals surface area contributed by atoms with Crippen molar-refractivity contribution in [3.63, 3.8) is 0 Å². The zero-order valence-electron chi connectivity index (χ0n) is 12.0. The van der Waals surface area contributed by atoms with Crippen LogP contribution in [0.15, 0.2) is 24.3 Å². The number of hydrogen-bond acceptors (Lipinski definition) is 5. The van der Waals surface area contributed by atoms with Crippen LogP contribution in [-0.2, 0) is 20.8 Å². The van der Waals surface area contributed by atoms with Crippen molar-refractivity contribution >= 4 is 11.9 Å². The van der Waals surface area contributed by atoms with Gasteiger partial charge in [0.2, 0.25) is 0 Å². The second-order valence-corrected chi connectivity index (χ2v) is 5.10. The molecule has 1 saturated heterocycles. The Morgan fingerprint density at radius 3 is 2.55 bits per heavy atom. The van der Waals surface area contributed by atoms with Crippen molar-refractivity contribution < 1.29 is 19.1 Å². The molecule has 0 amide bonds. The maximum Gasteiger partial charge on any atom is 0.337 e. The summed E-state index contributed by atoms with van der Waals surface area (Å²) in [4.78, 5) is 25.0. The highest BCUT2D eigenvalue weighted by Crippen LogP contribution is 2.20. The zero-order chi connectivity index (χ0) is 14.7. The molecule has 0 saturated carbocycles. The van der Waals surface area contributed by atoms with E-state index in [4.69, 9.17) is 4.74 Å². The number of cyclic esters (lactones) is 1. The Balaban J connectivity index is 1.99. The van der Waals surface area contributed by atoms with Gasteiger partial charge in [-0.25, -0.2) is 4.79 Å². The molecule has 0 aromatic heterocycles. The number of carbonyl (C=O) groups is 2. The number of likely N-dealkylation sites (N-methyl/N-ethyl adjacent to an activating group) is 1. The number of hydrogen-bond donors (Lipinski definition) is 0. The molecular formula is C15H19NO4. The van der Waals surface area contributed by atoms with Crippen molar-refractivity contribution in [2.45, 2.75) is 32.0 Å². The molecule has 5 nitrogen and oxygen atoms in total. The van der Waals surface area contributed by atoms with Crippen LogP contribution in [0, 0.1) is 0 Å². The van der Waals surface area contributed by atoms with Crippen LogP contribution in [0.1, 0.15) is 29.3 Å². The van der Waals surface area contributed by atoms with Gasteiger partial charge in [-0.1, -0.05) is 12.1 Å². The summed E-state index contributed by atoms with van der Waals surface area (Å²) in [5.74, 6) is -0.510. The second-order valence-electron chi connectivity index (χ2n) is 5.10. The van der Waals surface area contributed by atoms with Gasteiger partial charge in [-0.05, 0) is 31.7 Å². The van der Waals surface area contributed by atoms with E-state index in [0.717, 1.165) is 12.0 Å². The molecule has 2 atom stereocenters. The molecule has 0 aliphatic carbocycles. The van der Waals surface area contributed by atoms with Crippen molar-refractivity contribution in [2.24, 2.45) is 0 Å². The van der Waals surface area contributed by atoms with Gasteiger partial charge in [0.25, 0.3) is 0 Å². The predicted molar refractivity (Wildman–Crippen MR) is 73.2 cm³/mol. The Kier molecular flexibility index (Phi) is 4.39.